The number of likely N-dealkylation sites (tertiary alicyclic amines) is 1. The van der Waals surface area contributed by atoms with Crippen LogP contribution in [0.5, 0.6) is 17.2 Å². The molecule has 0 bridgehead atoms. The quantitative estimate of drug-likeness (QED) is 0.898. The SMILES string of the molecule is COc1ccc(NC(=O)C2CCCN2C(=O)c2ccc3c(c2)OCO3)cc1. The normalized spacial score (nSPS) is 17.7. The molecule has 0 aliphatic carbocycles. The van der Waals surface area contributed by atoms with Crippen molar-refractivity contribution in [3.05, 3.63) is 48.0 Å². The van der Waals surface area contributed by atoms with E-state index in [2.05, 4.69) is 5.32 Å². The van der Waals surface area contributed by atoms with E-state index in [1.165, 1.54) is 0 Å². The van der Waals surface area contributed by atoms with Crippen LogP contribution in [0.15, 0.2) is 42.5 Å². The number of amides is 2. The minimum Gasteiger partial charge on any atom is -0.497 e. The zero-order valence-electron chi connectivity index (χ0n) is 14.9. The number of nitrogens with zero attached hydrogens (tertiary/aromatic N) is 1. The van der Waals surface area contributed by atoms with Crippen LogP contribution in [0.25, 0.3) is 0 Å². The van der Waals surface area contributed by atoms with Crippen molar-refractivity contribution in [2.24, 2.45) is 0 Å². The molecule has 27 heavy (non-hydrogen) atoms. The van der Waals surface area contributed by atoms with Crippen LogP contribution in [-0.2, 0) is 4.79 Å². The topological polar surface area (TPSA) is 77.1 Å². The highest BCUT2D eigenvalue weighted by Gasteiger charge is 2.35. The van der Waals surface area contributed by atoms with Crippen molar-refractivity contribution < 1.29 is 23.8 Å². The van der Waals surface area contributed by atoms with Crippen molar-refractivity contribution in [1.82, 2.24) is 4.90 Å². The van der Waals surface area contributed by atoms with Crippen LogP contribution in [0.4, 0.5) is 5.69 Å². The van der Waals surface area contributed by atoms with Crippen LogP contribution < -0.4 is 19.5 Å². The van der Waals surface area contributed by atoms with E-state index in [0.717, 1.165) is 6.42 Å². The lowest BCUT2D eigenvalue weighted by molar-refractivity contribution is -0.119. The van der Waals surface area contributed by atoms with E-state index in [1.807, 2.05) is 0 Å². The Bertz CT molecular complexity index is 865. The predicted molar refractivity (Wildman–Crippen MR) is 98.2 cm³/mol. The van der Waals surface area contributed by atoms with E-state index < -0.39 is 6.04 Å². The summed E-state index contributed by atoms with van der Waals surface area (Å²) in [5.41, 5.74) is 1.16. The summed E-state index contributed by atoms with van der Waals surface area (Å²) in [6.45, 7) is 0.706. The highest BCUT2D eigenvalue weighted by atomic mass is 16.7. The Hall–Kier alpha value is -3.22. The fourth-order valence-electron chi connectivity index (χ4n) is 3.38. The fourth-order valence-corrected chi connectivity index (χ4v) is 3.38. The fraction of sp³-hybridized carbons (Fsp3) is 0.300. The first kappa shape index (κ1) is 17.2. The van der Waals surface area contributed by atoms with Crippen molar-refractivity contribution in [3.8, 4) is 17.2 Å². The van der Waals surface area contributed by atoms with Crippen LogP contribution in [0.2, 0.25) is 0 Å². The number of rotatable bonds is 4. The molecule has 2 aliphatic heterocycles. The highest BCUT2D eigenvalue weighted by molar-refractivity contribution is 6.01. The molecule has 2 heterocycles. The van der Waals surface area contributed by atoms with Crippen LogP contribution in [0.1, 0.15) is 23.2 Å². The second kappa shape index (κ2) is 7.19. The van der Waals surface area contributed by atoms with Gasteiger partial charge < -0.3 is 24.4 Å². The van der Waals surface area contributed by atoms with Gasteiger partial charge in [0.25, 0.3) is 5.91 Å². The summed E-state index contributed by atoms with van der Waals surface area (Å²) in [7, 11) is 1.59. The maximum atomic E-state index is 12.9. The number of fused-ring (bicyclic) bond motifs is 1. The van der Waals surface area contributed by atoms with Crippen molar-refractivity contribution in [2.75, 3.05) is 25.8 Å². The van der Waals surface area contributed by atoms with Gasteiger partial charge in [0.2, 0.25) is 12.7 Å². The molecular formula is C20H20N2O5. The second-order valence-electron chi connectivity index (χ2n) is 6.44. The highest BCUT2D eigenvalue weighted by Crippen LogP contribution is 2.33. The van der Waals surface area contributed by atoms with Crippen molar-refractivity contribution in [1.29, 1.82) is 0 Å². The largest absolute Gasteiger partial charge is 0.497 e. The molecule has 7 heteroatoms. The van der Waals surface area contributed by atoms with Crippen LogP contribution >= 0.6 is 0 Å². The van der Waals surface area contributed by atoms with Gasteiger partial charge in [-0.15, -0.1) is 0 Å². The van der Waals surface area contributed by atoms with Crippen LogP contribution in [0.3, 0.4) is 0 Å². The lowest BCUT2D eigenvalue weighted by atomic mass is 10.1. The number of benzene rings is 2. The molecule has 7 nitrogen and oxygen atoms in total. The summed E-state index contributed by atoms with van der Waals surface area (Å²) in [5, 5.41) is 2.88. The van der Waals surface area contributed by atoms with Gasteiger partial charge >= 0.3 is 0 Å². The molecular weight excluding hydrogens is 348 g/mol. The third-order valence-electron chi connectivity index (χ3n) is 4.79. The van der Waals surface area contributed by atoms with Gasteiger partial charge in [0.15, 0.2) is 11.5 Å². The average Bonchev–Trinajstić information content (AvgIpc) is 3.36. The van der Waals surface area contributed by atoms with E-state index in [9.17, 15) is 9.59 Å². The molecule has 140 valence electrons. The number of nitrogens with one attached hydrogen (secondary N) is 1. The zero-order chi connectivity index (χ0) is 18.8. The summed E-state index contributed by atoms with van der Waals surface area (Å²) < 4.78 is 15.7. The van der Waals surface area contributed by atoms with E-state index in [0.29, 0.717) is 41.5 Å². The molecule has 1 unspecified atom stereocenters. The van der Waals surface area contributed by atoms with Gasteiger partial charge in [-0.05, 0) is 55.3 Å². The molecule has 1 N–H and O–H groups in total. The summed E-state index contributed by atoms with van der Waals surface area (Å²) in [5.74, 6) is 1.53. The van der Waals surface area contributed by atoms with Crippen molar-refractivity contribution >= 4 is 17.5 Å². The molecule has 0 radical (unpaired) electrons. The average molecular weight is 368 g/mol. The Kier molecular flexibility index (Phi) is 4.58. The summed E-state index contributed by atoms with van der Waals surface area (Å²) in [6, 6.07) is 11.7. The molecule has 2 aliphatic rings. The number of hydrogen-bond acceptors (Lipinski definition) is 5. The second-order valence-corrected chi connectivity index (χ2v) is 6.44. The maximum absolute atomic E-state index is 12.9. The molecule has 4 rings (SSSR count). The van der Waals surface area contributed by atoms with Crippen molar-refractivity contribution in [3.63, 3.8) is 0 Å². The summed E-state index contributed by atoms with van der Waals surface area (Å²) >= 11 is 0. The molecule has 1 saturated heterocycles. The zero-order valence-corrected chi connectivity index (χ0v) is 14.9. The third kappa shape index (κ3) is 3.40. The molecule has 0 spiro atoms. The van der Waals surface area contributed by atoms with E-state index in [1.54, 1.807) is 54.5 Å². The Labute approximate surface area is 156 Å². The number of anilines is 1. The van der Waals surface area contributed by atoms with Gasteiger partial charge in [-0.1, -0.05) is 0 Å². The molecule has 0 saturated carbocycles. The van der Waals surface area contributed by atoms with Gasteiger partial charge in [-0.2, -0.15) is 0 Å². The first-order chi connectivity index (χ1) is 13.2. The number of methoxy groups -OCH3 is 1. The van der Waals surface area contributed by atoms with Gasteiger partial charge in [-0.3, -0.25) is 9.59 Å². The predicted octanol–water partition coefficient (Wildman–Crippen LogP) is 2.67. The molecule has 2 aromatic carbocycles. The molecule has 0 aromatic heterocycles. The van der Waals surface area contributed by atoms with Gasteiger partial charge in [0.05, 0.1) is 7.11 Å². The molecule has 1 fully saturated rings. The van der Waals surface area contributed by atoms with Gasteiger partial charge in [0.1, 0.15) is 11.8 Å². The monoisotopic (exact) mass is 368 g/mol. The van der Waals surface area contributed by atoms with Crippen LogP contribution in [0, 0.1) is 0 Å². The molecule has 1 atom stereocenters. The molecule has 2 aromatic rings. The van der Waals surface area contributed by atoms with Gasteiger partial charge in [-0.25, -0.2) is 0 Å². The minimum atomic E-state index is -0.495. The number of ether oxygens (including phenoxy) is 3. The Balaban J connectivity index is 1.47. The standard InChI is InChI=1S/C20H20N2O5/c1-25-15-7-5-14(6-8-15)21-19(23)16-3-2-10-22(16)20(24)13-4-9-17-18(11-13)27-12-26-17/h4-9,11,16H,2-3,10,12H2,1H3,(H,21,23). The third-order valence-corrected chi connectivity index (χ3v) is 4.79. The van der Waals surface area contributed by atoms with Crippen molar-refractivity contribution in [2.45, 2.75) is 18.9 Å². The van der Waals surface area contributed by atoms with E-state index >= 15 is 0 Å². The summed E-state index contributed by atoms with van der Waals surface area (Å²) in [4.78, 5) is 27.3. The van der Waals surface area contributed by atoms with E-state index in [4.69, 9.17) is 14.2 Å². The number of hydrogen-bond donors (Lipinski definition) is 1. The molecule has 2 amide bonds. The van der Waals surface area contributed by atoms with Gasteiger partial charge in [0, 0.05) is 17.8 Å². The first-order valence-electron chi connectivity index (χ1n) is 8.81. The van der Waals surface area contributed by atoms with E-state index in [-0.39, 0.29) is 18.6 Å². The Morgan fingerprint density at radius 3 is 2.67 bits per heavy atom. The smallest absolute Gasteiger partial charge is 0.254 e. The minimum absolute atomic E-state index is 0.156. The lowest BCUT2D eigenvalue weighted by Crippen LogP contribution is -2.43. The Morgan fingerprint density at radius 1 is 1.11 bits per heavy atom. The maximum Gasteiger partial charge on any atom is 0.254 e. The number of carbonyl (C=O) groups is 2. The summed E-state index contributed by atoms with van der Waals surface area (Å²) in [6.07, 6.45) is 1.43. The Morgan fingerprint density at radius 2 is 1.89 bits per heavy atom. The lowest BCUT2D eigenvalue weighted by Gasteiger charge is -2.24. The first-order valence-corrected chi connectivity index (χ1v) is 8.81. The van der Waals surface area contributed by atoms with Crippen LogP contribution in [-0.4, -0.2) is 43.2 Å². The number of carbonyl (C=O) groups excluding carboxylic acids is 2.